The largest absolute Gasteiger partial charge is 0.238 e. The molecule has 2 rings (SSSR count). The number of allylic oxidation sites excluding steroid dienone is 4. The van der Waals surface area contributed by atoms with Crippen LogP contribution in [0.25, 0.3) is 0 Å². The van der Waals surface area contributed by atoms with Gasteiger partial charge in [0.2, 0.25) is 0 Å². The van der Waals surface area contributed by atoms with Crippen LogP contribution in [-0.2, 0) is 0 Å². The van der Waals surface area contributed by atoms with E-state index in [1.165, 1.54) is 0 Å². The molecule has 2 atom stereocenters. The van der Waals surface area contributed by atoms with E-state index in [0.717, 1.165) is 5.56 Å². The van der Waals surface area contributed by atoms with Gasteiger partial charge in [0.05, 0.1) is 0 Å². The molecule has 0 radical (unpaired) electrons. The van der Waals surface area contributed by atoms with Crippen LogP contribution in [0.4, 0.5) is 4.39 Å². The van der Waals surface area contributed by atoms with Crippen LogP contribution in [0.15, 0.2) is 54.6 Å². The highest BCUT2D eigenvalue weighted by Crippen LogP contribution is 2.37. The summed E-state index contributed by atoms with van der Waals surface area (Å²) in [6, 6.07) is 9.84. The van der Waals surface area contributed by atoms with Gasteiger partial charge in [-0.05, 0) is 11.6 Å². The van der Waals surface area contributed by atoms with Crippen LogP contribution in [-0.4, -0.2) is 5.67 Å². The minimum absolute atomic E-state index is 0.0973. The minimum atomic E-state index is -1.23. The van der Waals surface area contributed by atoms with E-state index >= 15 is 0 Å². The number of alkyl halides is 1. The van der Waals surface area contributed by atoms with E-state index in [1.807, 2.05) is 49.4 Å². The maximum atomic E-state index is 14.5. The number of hydrogen-bond acceptors (Lipinski definition) is 0. The van der Waals surface area contributed by atoms with Crippen molar-refractivity contribution in [2.75, 3.05) is 0 Å². The molecule has 2 unspecified atom stereocenters. The van der Waals surface area contributed by atoms with Gasteiger partial charge in [-0.1, -0.05) is 55.5 Å². The van der Waals surface area contributed by atoms with Crippen molar-refractivity contribution in [1.29, 1.82) is 0 Å². The summed E-state index contributed by atoms with van der Waals surface area (Å²) in [4.78, 5) is 0. The third kappa shape index (κ3) is 2.01. The highest BCUT2D eigenvalue weighted by atomic mass is 19.1. The predicted octanol–water partition coefficient (Wildman–Crippen LogP) is 4.01. The third-order valence-corrected chi connectivity index (χ3v) is 3.07. The van der Waals surface area contributed by atoms with Gasteiger partial charge in [-0.3, -0.25) is 0 Å². The van der Waals surface area contributed by atoms with Gasteiger partial charge in [0.1, 0.15) is 5.67 Å². The average Bonchev–Trinajstić information content (AvgIpc) is 2.30. The smallest absolute Gasteiger partial charge is 0.139 e. The molecule has 1 aromatic rings. The molecule has 0 heterocycles. The second-order valence-electron chi connectivity index (χ2n) is 4.05. The molecule has 1 heteroatoms. The molecule has 0 aliphatic heterocycles. The number of rotatable bonds is 2. The Kier molecular flexibility index (Phi) is 2.72. The summed E-state index contributed by atoms with van der Waals surface area (Å²) in [5.41, 5.74) is -0.171. The van der Waals surface area contributed by atoms with Gasteiger partial charge >= 0.3 is 0 Å². The van der Waals surface area contributed by atoms with Crippen LogP contribution in [0.1, 0.15) is 24.8 Å². The molecule has 0 N–H and O–H groups in total. The first kappa shape index (κ1) is 10.2. The summed E-state index contributed by atoms with van der Waals surface area (Å²) < 4.78 is 14.5. The van der Waals surface area contributed by atoms with Crippen molar-refractivity contribution >= 4 is 0 Å². The highest BCUT2D eigenvalue weighted by Gasteiger charge is 2.34. The molecule has 1 aliphatic carbocycles. The summed E-state index contributed by atoms with van der Waals surface area (Å²) >= 11 is 0. The first-order valence-corrected chi connectivity index (χ1v) is 5.30. The van der Waals surface area contributed by atoms with Crippen LogP contribution >= 0.6 is 0 Å². The molecule has 0 aromatic heterocycles. The van der Waals surface area contributed by atoms with Gasteiger partial charge in [0, 0.05) is 12.3 Å². The van der Waals surface area contributed by atoms with Gasteiger partial charge in [0.15, 0.2) is 0 Å². The zero-order valence-corrected chi connectivity index (χ0v) is 8.86. The highest BCUT2D eigenvalue weighted by molar-refractivity contribution is 5.29. The molecular formula is C14H15F. The van der Waals surface area contributed by atoms with Crippen LogP contribution in [0.5, 0.6) is 0 Å². The van der Waals surface area contributed by atoms with E-state index in [-0.39, 0.29) is 5.92 Å². The summed E-state index contributed by atoms with van der Waals surface area (Å²) in [6.07, 6.45) is 7.72. The van der Waals surface area contributed by atoms with E-state index in [4.69, 9.17) is 0 Å². The quantitative estimate of drug-likeness (QED) is 0.679. The van der Waals surface area contributed by atoms with Crippen molar-refractivity contribution in [3.63, 3.8) is 0 Å². The molecule has 15 heavy (non-hydrogen) atoms. The number of halogens is 1. The average molecular weight is 202 g/mol. The van der Waals surface area contributed by atoms with Crippen molar-refractivity contribution in [1.82, 2.24) is 0 Å². The lowest BCUT2D eigenvalue weighted by atomic mass is 9.81. The maximum Gasteiger partial charge on any atom is 0.139 e. The molecule has 0 fully saturated rings. The van der Waals surface area contributed by atoms with Crippen molar-refractivity contribution in [3.8, 4) is 0 Å². The summed E-state index contributed by atoms with van der Waals surface area (Å²) in [6.45, 7) is 1.94. The minimum Gasteiger partial charge on any atom is -0.238 e. The molecule has 78 valence electrons. The van der Waals surface area contributed by atoms with Crippen molar-refractivity contribution in [3.05, 3.63) is 60.2 Å². The SMILES string of the molecule is CC(c1ccccc1)C1(F)C=CC=CC1. The fourth-order valence-electron chi connectivity index (χ4n) is 1.95. The fraction of sp³-hybridized carbons (Fsp3) is 0.286. The molecule has 0 bridgehead atoms. The molecule has 1 aliphatic rings. The van der Waals surface area contributed by atoms with Crippen molar-refractivity contribution < 1.29 is 4.39 Å². The first-order valence-electron chi connectivity index (χ1n) is 5.30. The standard InChI is InChI=1S/C14H15F/c1-12(13-8-4-2-5-9-13)14(15)10-6-3-7-11-14/h2-10,12H,11H2,1H3. The van der Waals surface area contributed by atoms with Gasteiger partial charge < -0.3 is 0 Å². The van der Waals surface area contributed by atoms with Gasteiger partial charge in [-0.2, -0.15) is 0 Å². The lowest BCUT2D eigenvalue weighted by Gasteiger charge is -2.29. The van der Waals surface area contributed by atoms with Crippen LogP contribution in [0, 0.1) is 0 Å². The van der Waals surface area contributed by atoms with Crippen LogP contribution in [0.3, 0.4) is 0 Å². The normalized spacial score (nSPS) is 26.5. The summed E-state index contributed by atoms with van der Waals surface area (Å²) in [5, 5.41) is 0. The topological polar surface area (TPSA) is 0 Å². The zero-order chi connectivity index (χ0) is 10.7. The number of hydrogen-bond donors (Lipinski definition) is 0. The van der Waals surface area contributed by atoms with Crippen LogP contribution < -0.4 is 0 Å². The van der Waals surface area contributed by atoms with Gasteiger partial charge in [0.25, 0.3) is 0 Å². The van der Waals surface area contributed by atoms with E-state index in [9.17, 15) is 4.39 Å². The second kappa shape index (κ2) is 4.01. The maximum absolute atomic E-state index is 14.5. The van der Waals surface area contributed by atoms with E-state index in [1.54, 1.807) is 12.2 Å². The van der Waals surface area contributed by atoms with Gasteiger partial charge in [-0.15, -0.1) is 0 Å². The fourth-order valence-corrected chi connectivity index (χ4v) is 1.95. The van der Waals surface area contributed by atoms with Crippen molar-refractivity contribution in [2.24, 2.45) is 0 Å². The molecule has 0 spiro atoms. The molecule has 0 amide bonds. The Balaban J connectivity index is 2.24. The molecular weight excluding hydrogens is 187 g/mol. The van der Waals surface area contributed by atoms with E-state index < -0.39 is 5.67 Å². The Morgan fingerprint density at radius 3 is 2.53 bits per heavy atom. The van der Waals surface area contributed by atoms with Crippen molar-refractivity contribution in [2.45, 2.75) is 24.9 Å². The Bertz CT molecular complexity index is 378. The lowest BCUT2D eigenvalue weighted by molar-refractivity contribution is 0.194. The third-order valence-electron chi connectivity index (χ3n) is 3.07. The summed E-state index contributed by atoms with van der Waals surface area (Å²) in [7, 11) is 0. The Morgan fingerprint density at radius 2 is 1.93 bits per heavy atom. The molecule has 0 nitrogen and oxygen atoms in total. The lowest BCUT2D eigenvalue weighted by Crippen LogP contribution is -2.27. The first-order chi connectivity index (χ1) is 7.22. The number of benzene rings is 1. The Morgan fingerprint density at radius 1 is 1.20 bits per heavy atom. The molecule has 0 saturated carbocycles. The zero-order valence-electron chi connectivity index (χ0n) is 8.86. The summed E-state index contributed by atoms with van der Waals surface area (Å²) in [5.74, 6) is -0.0973. The van der Waals surface area contributed by atoms with E-state index in [2.05, 4.69) is 0 Å². The Labute approximate surface area is 90.1 Å². The Hall–Kier alpha value is -1.37. The molecule has 1 aromatic carbocycles. The monoisotopic (exact) mass is 202 g/mol. The van der Waals surface area contributed by atoms with Crippen LogP contribution in [0.2, 0.25) is 0 Å². The molecule has 0 saturated heterocycles. The van der Waals surface area contributed by atoms with Gasteiger partial charge in [-0.25, -0.2) is 4.39 Å². The van der Waals surface area contributed by atoms with E-state index in [0.29, 0.717) is 6.42 Å². The second-order valence-corrected chi connectivity index (χ2v) is 4.05. The predicted molar refractivity (Wildman–Crippen MR) is 61.6 cm³/mol.